The smallest absolute Gasteiger partial charge is 0.0939 e. The predicted octanol–water partition coefficient (Wildman–Crippen LogP) is 4.41. The first-order valence-corrected chi connectivity index (χ1v) is 8.80. The summed E-state index contributed by atoms with van der Waals surface area (Å²) in [4.78, 5) is 0. The average Bonchev–Trinajstić information content (AvgIpc) is 2.57. The van der Waals surface area contributed by atoms with Crippen molar-refractivity contribution in [1.82, 2.24) is 5.32 Å². The first-order chi connectivity index (χ1) is 10.3. The van der Waals surface area contributed by atoms with Gasteiger partial charge in [-0.25, -0.2) is 0 Å². The van der Waals surface area contributed by atoms with Crippen LogP contribution in [0.2, 0.25) is 0 Å². The van der Waals surface area contributed by atoms with E-state index in [0.717, 1.165) is 18.5 Å². The summed E-state index contributed by atoms with van der Waals surface area (Å²) in [5.41, 5.74) is 0.487. The summed E-state index contributed by atoms with van der Waals surface area (Å²) in [6, 6.07) is 10.9. The molecule has 1 aromatic rings. The zero-order valence-electron chi connectivity index (χ0n) is 13.5. The van der Waals surface area contributed by atoms with Crippen molar-refractivity contribution in [2.45, 2.75) is 69.4 Å². The molecule has 0 bridgehead atoms. The van der Waals surface area contributed by atoms with Crippen molar-refractivity contribution >= 4 is 12.4 Å². The fraction of sp³-hybridized carbons (Fsp3) is 0.684. The van der Waals surface area contributed by atoms with Crippen LogP contribution >= 0.6 is 12.4 Å². The quantitative estimate of drug-likeness (QED) is 0.860. The molecule has 2 unspecified atom stereocenters. The van der Waals surface area contributed by atoms with E-state index >= 15 is 0 Å². The molecule has 0 spiro atoms. The van der Waals surface area contributed by atoms with E-state index in [1.54, 1.807) is 0 Å². The third-order valence-corrected chi connectivity index (χ3v) is 5.52. The molecule has 2 aliphatic rings. The van der Waals surface area contributed by atoms with Crippen LogP contribution in [-0.2, 0) is 5.60 Å². The van der Waals surface area contributed by atoms with Gasteiger partial charge in [-0.05, 0) is 50.1 Å². The topological polar surface area (TPSA) is 32.3 Å². The van der Waals surface area contributed by atoms with Crippen LogP contribution in [0, 0.1) is 5.92 Å². The Kier molecular flexibility index (Phi) is 6.73. The minimum atomic E-state index is -0.642. The second kappa shape index (κ2) is 8.33. The molecule has 2 atom stereocenters. The third kappa shape index (κ3) is 4.04. The SMILES string of the molecule is Cl.OC(CC1CCCCN1)(c1ccccc1)C1CCCCC1. The van der Waals surface area contributed by atoms with Crippen molar-refractivity contribution in [3.63, 3.8) is 0 Å². The minimum absolute atomic E-state index is 0. The van der Waals surface area contributed by atoms with Crippen LogP contribution in [0.5, 0.6) is 0 Å². The molecule has 3 rings (SSSR count). The Hall–Kier alpha value is -0.570. The number of piperidine rings is 1. The van der Waals surface area contributed by atoms with Crippen LogP contribution in [0.3, 0.4) is 0 Å². The van der Waals surface area contributed by atoms with Crippen LogP contribution in [0.4, 0.5) is 0 Å². The Balaban J connectivity index is 0.00000176. The number of hydrogen-bond donors (Lipinski definition) is 2. The van der Waals surface area contributed by atoms with Gasteiger partial charge in [0.05, 0.1) is 5.60 Å². The molecule has 1 aromatic carbocycles. The molecule has 2 nitrogen and oxygen atoms in total. The number of halogens is 1. The van der Waals surface area contributed by atoms with E-state index in [9.17, 15) is 5.11 Å². The lowest BCUT2D eigenvalue weighted by Gasteiger charge is -2.42. The van der Waals surface area contributed by atoms with Gasteiger partial charge in [0, 0.05) is 6.04 Å². The number of aliphatic hydroxyl groups is 1. The zero-order valence-corrected chi connectivity index (χ0v) is 14.3. The third-order valence-electron chi connectivity index (χ3n) is 5.52. The highest BCUT2D eigenvalue weighted by molar-refractivity contribution is 5.85. The van der Waals surface area contributed by atoms with Gasteiger partial charge in [-0.3, -0.25) is 0 Å². The number of benzene rings is 1. The molecule has 1 heterocycles. The molecule has 0 radical (unpaired) electrons. The molecule has 22 heavy (non-hydrogen) atoms. The van der Waals surface area contributed by atoms with Gasteiger partial charge in [0.15, 0.2) is 0 Å². The Morgan fingerprint density at radius 2 is 1.64 bits per heavy atom. The normalized spacial score (nSPS) is 26.0. The largest absolute Gasteiger partial charge is 0.385 e. The van der Waals surface area contributed by atoms with Crippen LogP contribution < -0.4 is 5.32 Å². The van der Waals surface area contributed by atoms with Crippen LogP contribution in [0.1, 0.15) is 63.4 Å². The van der Waals surface area contributed by atoms with Gasteiger partial charge in [-0.15, -0.1) is 12.4 Å². The van der Waals surface area contributed by atoms with Gasteiger partial charge >= 0.3 is 0 Å². The maximum Gasteiger partial charge on any atom is 0.0939 e. The van der Waals surface area contributed by atoms with E-state index in [2.05, 4.69) is 29.6 Å². The summed E-state index contributed by atoms with van der Waals surface area (Å²) in [7, 11) is 0. The molecule has 2 fully saturated rings. The molecule has 0 amide bonds. The van der Waals surface area contributed by atoms with E-state index in [0.29, 0.717) is 12.0 Å². The Bertz CT molecular complexity index is 426. The number of rotatable bonds is 4. The van der Waals surface area contributed by atoms with Gasteiger partial charge in [0.25, 0.3) is 0 Å². The molecule has 1 saturated carbocycles. The van der Waals surface area contributed by atoms with Gasteiger partial charge in [0.2, 0.25) is 0 Å². The lowest BCUT2D eigenvalue weighted by atomic mass is 9.70. The van der Waals surface area contributed by atoms with Crippen molar-refractivity contribution < 1.29 is 5.11 Å². The molecular weight excluding hydrogens is 294 g/mol. The van der Waals surface area contributed by atoms with Gasteiger partial charge in [0.1, 0.15) is 0 Å². The molecular formula is C19H30ClNO. The maximum atomic E-state index is 11.6. The monoisotopic (exact) mass is 323 g/mol. The fourth-order valence-corrected chi connectivity index (χ4v) is 4.30. The van der Waals surface area contributed by atoms with Crippen LogP contribution in [-0.4, -0.2) is 17.7 Å². The molecule has 3 heteroatoms. The molecule has 0 aromatic heterocycles. The second-order valence-electron chi connectivity index (χ2n) is 6.98. The van der Waals surface area contributed by atoms with Gasteiger partial charge in [-0.1, -0.05) is 56.0 Å². The standard InChI is InChI=1S/C19H29NO.ClH/c21-19(16-9-3-1-4-10-16,17-11-5-2-6-12-17)15-18-13-7-8-14-20-18;/h1,3-4,9-10,17-18,20-21H,2,5-8,11-15H2;1H. The van der Waals surface area contributed by atoms with Crippen molar-refractivity contribution in [3.8, 4) is 0 Å². The van der Waals surface area contributed by atoms with Crippen molar-refractivity contribution in [2.75, 3.05) is 6.54 Å². The summed E-state index contributed by atoms with van der Waals surface area (Å²) in [6.45, 7) is 1.11. The van der Waals surface area contributed by atoms with E-state index in [-0.39, 0.29) is 12.4 Å². The van der Waals surface area contributed by atoms with Gasteiger partial charge in [-0.2, -0.15) is 0 Å². The Morgan fingerprint density at radius 1 is 0.955 bits per heavy atom. The fourth-order valence-electron chi connectivity index (χ4n) is 4.30. The van der Waals surface area contributed by atoms with Crippen molar-refractivity contribution in [3.05, 3.63) is 35.9 Å². The van der Waals surface area contributed by atoms with Gasteiger partial charge < -0.3 is 10.4 Å². The first-order valence-electron chi connectivity index (χ1n) is 8.80. The van der Waals surface area contributed by atoms with E-state index in [1.165, 1.54) is 51.4 Å². The molecule has 124 valence electrons. The molecule has 2 N–H and O–H groups in total. The lowest BCUT2D eigenvalue weighted by Crippen LogP contribution is -2.45. The van der Waals surface area contributed by atoms with Crippen molar-refractivity contribution in [1.29, 1.82) is 0 Å². The van der Waals surface area contributed by atoms with E-state index < -0.39 is 5.60 Å². The minimum Gasteiger partial charge on any atom is -0.385 e. The Morgan fingerprint density at radius 3 is 2.27 bits per heavy atom. The van der Waals surface area contributed by atoms with E-state index in [1.807, 2.05) is 6.07 Å². The lowest BCUT2D eigenvalue weighted by molar-refractivity contribution is -0.0551. The second-order valence-corrected chi connectivity index (χ2v) is 6.98. The van der Waals surface area contributed by atoms with Crippen molar-refractivity contribution in [2.24, 2.45) is 5.92 Å². The molecule has 1 saturated heterocycles. The summed E-state index contributed by atoms with van der Waals surface area (Å²) in [6.07, 6.45) is 10.9. The number of hydrogen-bond acceptors (Lipinski definition) is 2. The van der Waals surface area contributed by atoms with Crippen LogP contribution in [0.15, 0.2) is 30.3 Å². The van der Waals surface area contributed by atoms with Crippen LogP contribution in [0.25, 0.3) is 0 Å². The first kappa shape index (κ1) is 17.8. The average molecular weight is 324 g/mol. The number of nitrogens with one attached hydrogen (secondary N) is 1. The summed E-state index contributed by atoms with van der Waals surface area (Å²) < 4.78 is 0. The highest BCUT2D eigenvalue weighted by Gasteiger charge is 2.40. The maximum absolute atomic E-state index is 11.6. The molecule has 1 aliphatic heterocycles. The van der Waals surface area contributed by atoms with E-state index in [4.69, 9.17) is 0 Å². The highest BCUT2D eigenvalue weighted by Crippen LogP contribution is 2.43. The Labute approximate surface area is 141 Å². The summed E-state index contributed by atoms with van der Waals surface area (Å²) >= 11 is 0. The zero-order chi connectivity index (χ0) is 14.5. The predicted molar refractivity (Wildman–Crippen MR) is 94.4 cm³/mol. The molecule has 1 aliphatic carbocycles. The summed E-state index contributed by atoms with van der Waals surface area (Å²) in [5.74, 6) is 0.428. The summed E-state index contributed by atoms with van der Waals surface area (Å²) in [5, 5.41) is 15.2. The highest BCUT2D eigenvalue weighted by atomic mass is 35.5.